The number of benzene rings is 1. The Morgan fingerprint density at radius 2 is 1.90 bits per heavy atom. The minimum atomic E-state index is -1.05. The van der Waals surface area contributed by atoms with E-state index >= 15 is 0 Å². The summed E-state index contributed by atoms with van der Waals surface area (Å²) in [6.45, 7) is 0. The van der Waals surface area contributed by atoms with Crippen molar-refractivity contribution in [1.29, 1.82) is 0 Å². The lowest BCUT2D eigenvalue weighted by Crippen LogP contribution is -2.33. The van der Waals surface area contributed by atoms with Gasteiger partial charge in [-0.2, -0.15) is 0 Å². The third kappa shape index (κ3) is 4.53. The molecular weight excluding hydrogens is 254 g/mol. The van der Waals surface area contributed by atoms with Crippen LogP contribution in [0, 0.1) is 0 Å². The van der Waals surface area contributed by atoms with E-state index in [4.69, 9.17) is 5.11 Å². The monoisotopic (exact) mass is 269 g/mol. The van der Waals surface area contributed by atoms with Crippen LogP contribution < -0.4 is 5.32 Å². The smallest absolute Gasteiger partial charge is 0.405 e. The van der Waals surface area contributed by atoms with E-state index in [1.807, 2.05) is 30.3 Å². The molecule has 0 fully saturated rings. The SMILES string of the molecule is O=C(O)NC(/C=C/c1ncccn1)Cc1ccccc1. The van der Waals surface area contributed by atoms with Crippen molar-refractivity contribution in [3.8, 4) is 0 Å². The molecule has 1 unspecified atom stereocenters. The molecule has 0 bridgehead atoms. The summed E-state index contributed by atoms with van der Waals surface area (Å²) in [5, 5.41) is 11.4. The number of nitrogens with zero attached hydrogens (tertiary/aromatic N) is 2. The van der Waals surface area contributed by atoms with Crippen molar-refractivity contribution < 1.29 is 9.90 Å². The van der Waals surface area contributed by atoms with Gasteiger partial charge in [0.15, 0.2) is 5.82 Å². The maximum atomic E-state index is 10.8. The van der Waals surface area contributed by atoms with Crippen LogP contribution in [-0.2, 0) is 6.42 Å². The molecule has 0 saturated carbocycles. The van der Waals surface area contributed by atoms with Crippen LogP contribution >= 0.6 is 0 Å². The summed E-state index contributed by atoms with van der Waals surface area (Å²) in [5.74, 6) is 0.553. The summed E-state index contributed by atoms with van der Waals surface area (Å²) in [5.41, 5.74) is 1.06. The Balaban J connectivity index is 2.07. The molecule has 1 aromatic carbocycles. The second-order valence-corrected chi connectivity index (χ2v) is 4.21. The van der Waals surface area contributed by atoms with E-state index < -0.39 is 6.09 Å². The molecule has 5 heteroatoms. The standard InChI is InChI=1S/C15H15N3O2/c19-15(20)18-13(11-12-5-2-1-3-6-12)7-8-14-16-9-4-10-17-14/h1-10,13,18H,11H2,(H,19,20)/b8-7+. The molecule has 0 aliphatic heterocycles. The van der Waals surface area contributed by atoms with Crippen LogP contribution in [0.3, 0.4) is 0 Å². The molecule has 0 aliphatic rings. The highest BCUT2D eigenvalue weighted by Crippen LogP contribution is 2.05. The zero-order valence-electron chi connectivity index (χ0n) is 10.8. The first-order valence-electron chi connectivity index (χ1n) is 6.22. The maximum absolute atomic E-state index is 10.8. The average molecular weight is 269 g/mol. The highest BCUT2D eigenvalue weighted by Gasteiger charge is 2.08. The van der Waals surface area contributed by atoms with Crippen molar-refractivity contribution in [2.75, 3.05) is 0 Å². The molecule has 0 radical (unpaired) electrons. The molecule has 5 nitrogen and oxygen atoms in total. The van der Waals surface area contributed by atoms with Gasteiger partial charge in [-0.05, 0) is 24.1 Å². The lowest BCUT2D eigenvalue weighted by Gasteiger charge is -2.12. The fraction of sp³-hybridized carbons (Fsp3) is 0.133. The first-order valence-corrected chi connectivity index (χ1v) is 6.22. The van der Waals surface area contributed by atoms with E-state index in [0.717, 1.165) is 5.56 Å². The Hall–Kier alpha value is -2.69. The predicted octanol–water partition coefficient (Wildman–Crippen LogP) is 2.37. The molecule has 0 spiro atoms. The molecule has 1 heterocycles. The first-order chi connectivity index (χ1) is 9.74. The summed E-state index contributed by atoms with van der Waals surface area (Å²) >= 11 is 0. The summed E-state index contributed by atoms with van der Waals surface area (Å²) in [6, 6.07) is 11.1. The van der Waals surface area contributed by atoms with Crippen LogP contribution in [0.15, 0.2) is 54.9 Å². The van der Waals surface area contributed by atoms with Gasteiger partial charge in [-0.3, -0.25) is 0 Å². The number of amides is 1. The average Bonchev–Trinajstić information content (AvgIpc) is 2.46. The zero-order chi connectivity index (χ0) is 14.2. The number of aromatic nitrogens is 2. The van der Waals surface area contributed by atoms with Crippen LogP contribution in [0.4, 0.5) is 4.79 Å². The second kappa shape index (κ2) is 7.04. The molecule has 2 rings (SSSR count). The summed E-state index contributed by atoms with van der Waals surface area (Å²) in [6.07, 6.45) is 6.29. The topological polar surface area (TPSA) is 75.1 Å². The number of nitrogens with one attached hydrogen (secondary N) is 1. The van der Waals surface area contributed by atoms with Gasteiger partial charge in [0.25, 0.3) is 0 Å². The number of carboxylic acid groups (broad SMARTS) is 1. The Bertz CT molecular complexity index is 570. The third-order valence-electron chi connectivity index (χ3n) is 2.67. The van der Waals surface area contributed by atoms with Gasteiger partial charge in [-0.25, -0.2) is 14.8 Å². The molecule has 102 valence electrons. The van der Waals surface area contributed by atoms with Crippen molar-refractivity contribution in [2.24, 2.45) is 0 Å². The number of hydrogen-bond acceptors (Lipinski definition) is 3. The van der Waals surface area contributed by atoms with Crippen molar-refractivity contribution in [1.82, 2.24) is 15.3 Å². The predicted molar refractivity (Wildman–Crippen MR) is 76.2 cm³/mol. The van der Waals surface area contributed by atoms with E-state index in [1.54, 1.807) is 30.6 Å². The molecular formula is C15H15N3O2. The van der Waals surface area contributed by atoms with Crippen molar-refractivity contribution in [3.63, 3.8) is 0 Å². The lowest BCUT2D eigenvalue weighted by atomic mass is 10.1. The lowest BCUT2D eigenvalue weighted by molar-refractivity contribution is 0.192. The van der Waals surface area contributed by atoms with Gasteiger partial charge in [0, 0.05) is 12.4 Å². The van der Waals surface area contributed by atoms with Crippen molar-refractivity contribution in [3.05, 3.63) is 66.3 Å². The normalized spacial score (nSPS) is 12.2. The number of carbonyl (C=O) groups is 1. The molecule has 0 saturated heterocycles. The molecule has 20 heavy (non-hydrogen) atoms. The van der Waals surface area contributed by atoms with E-state index in [2.05, 4.69) is 15.3 Å². The number of rotatable bonds is 5. The van der Waals surface area contributed by atoms with Crippen LogP contribution in [-0.4, -0.2) is 27.2 Å². The van der Waals surface area contributed by atoms with Crippen LogP contribution in [0.25, 0.3) is 6.08 Å². The van der Waals surface area contributed by atoms with Gasteiger partial charge in [-0.1, -0.05) is 36.4 Å². The van der Waals surface area contributed by atoms with Gasteiger partial charge in [0.1, 0.15) is 0 Å². The van der Waals surface area contributed by atoms with E-state index in [0.29, 0.717) is 12.2 Å². The zero-order valence-corrected chi connectivity index (χ0v) is 10.8. The molecule has 2 aromatic rings. The van der Waals surface area contributed by atoms with E-state index in [9.17, 15) is 4.79 Å². The Morgan fingerprint density at radius 3 is 2.55 bits per heavy atom. The second-order valence-electron chi connectivity index (χ2n) is 4.21. The maximum Gasteiger partial charge on any atom is 0.405 e. The molecule has 1 amide bonds. The summed E-state index contributed by atoms with van der Waals surface area (Å²) in [4.78, 5) is 19.0. The Morgan fingerprint density at radius 1 is 1.20 bits per heavy atom. The molecule has 1 aromatic heterocycles. The highest BCUT2D eigenvalue weighted by molar-refractivity contribution is 5.65. The summed E-state index contributed by atoms with van der Waals surface area (Å²) in [7, 11) is 0. The highest BCUT2D eigenvalue weighted by atomic mass is 16.4. The summed E-state index contributed by atoms with van der Waals surface area (Å²) < 4.78 is 0. The van der Waals surface area contributed by atoms with E-state index in [1.165, 1.54) is 0 Å². The Labute approximate surface area is 117 Å². The Kier molecular flexibility index (Phi) is 4.83. The van der Waals surface area contributed by atoms with Gasteiger partial charge in [0.05, 0.1) is 6.04 Å². The first kappa shape index (κ1) is 13.7. The van der Waals surface area contributed by atoms with Crippen LogP contribution in [0.5, 0.6) is 0 Å². The van der Waals surface area contributed by atoms with Crippen LogP contribution in [0.2, 0.25) is 0 Å². The third-order valence-corrected chi connectivity index (χ3v) is 2.67. The quantitative estimate of drug-likeness (QED) is 0.873. The fourth-order valence-corrected chi connectivity index (χ4v) is 1.79. The van der Waals surface area contributed by atoms with Gasteiger partial charge >= 0.3 is 6.09 Å². The fourth-order valence-electron chi connectivity index (χ4n) is 1.79. The van der Waals surface area contributed by atoms with Crippen molar-refractivity contribution >= 4 is 12.2 Å². The largest absolute Gasteiger partial charge is 0.465 e. The number of hydrogen-bond donors (Lipinski definition) is 2. The van der Waals surface area contributed by atoms with E-state index in [-0.39, 0.29) is 6.04 Å². The van der Waals surface area contributed by atoms with Crippen molar-refractivity contribution in [2.45, 2.75) is 12.5 Å². The minimum absolute atomic E-state index is 0.321. The van der Waals surface area contributed by atoms with Gasteiger partial charge in [0.2, 0.25) is 0 Å². The molecule has 2 N–H and O–H groups in total. The van der Waals surface area contributed by atoms with Gasteiger partial charge in [-0.15, -0.1) is 0 Å². The van der Waals surface area contributed by atoms with Crippen LogP contribution in [0.1, 0.15) is 11.4 Å². The molecule has 1 atom stereocenters. The van der Waals surface area contributed by atoms with Gasteiger partial charge < -0.3 is 10.4 Å². The minimum Gasteiger partial charge on any atom is -0.465 e. The molecule has 0 aliphatic carbocycles.